The molecule has 2 rings (SSSR count). The van der Waals surface area contributed by atoms with Crippen molar-refractivity contribution >= 4 is 25.8 Å². The number of ether oxygens (including phenoxy) is 1. The third kappa shape index (κ3) is 6.34. The van der Waals surface area contributed by atoms with Crippen molar-refractivity contribution < 1.29 is 14.0 Å². The van der Waals surface area contributed by atoms with Crippen LogP contribution in [0.1, 0.15) is 48.0 Å². The summed E-state index contributed by atoms with van der Waals surface area (Å²) >= 11 is 0. The van der Waals surface area contributed by atoms with E-state index in [0.717, 1.165) is 18.7 Å². The lowest BCUT2D eigenvalue weighted by Crippen LogP contribution is -2.59. The van der Waals surface area contributed by atoms with Gasteiger partial charge in [0.05, 0.1) is 29.7 Å². The summed E-state index contributed by atoms with van der Waals surface area (Å²) < 4.78 is 12.2. The number of hydrogen-bond donors (Lipinski definition) is 2. The standard InChI is InChI=1S/C21H38N4O3Si/c1-20(2,3)27-19(26)24-16-14-25(17-9-11-23-13-15(17)22)12-10-18(16)28-29(7,8)21(4,5)6/h9,11,13,16,18H,10,12,14,22H2,1-8H3,(H,24,26). The predicted octanol–water partition coefficient (Wildman–Crippen LogP) is 4.16. The van der Waals surface area contributed by atoms with Crippen LogP contribution < -0.4 is 16.0 Å². The summed E-state index contributed by atoms with van der Waals surface area (Å²) in [6.45, 7) is 18.2. The molecule has 7 nitrogen and oxygen atoms in total. The minimum Gasteiger partial charge on any atom is -0.444 e. The van der Waals surface area contributed by atoms with E-state index < -0.39 is 20.0 Å². The minimum atomic E-state index is -1.99. The number of carbonyl (C=O) groups is 1. The van der Waals surface area contributed by atoms with Crippen molar-refractivity contribution in [2.45, 2.75) is 83.8 Å². The molecule has 1 amide bonds. The number of carbonyl (C=O) groups excluding carboxylic acids is 1. The van der Waals surface area contributed by atoms with Crippen LogP contribution >= 0.6 is 0 Å². The van der Waals surface area contributed by atoms with Crippen LogP contribution in [0, 0.1) is 0 Å². The molecule has 0 aromatic carbocycles. The summed E-state index contributed by atoms with van der Waals surface area (Å²) in [5.41, 5.74) is 7.15. The first kappa shape index (κ1) is 23.5. The van der Waals surface area contributed by atoms with E-state index in [1.165, 1.54) is 0 Å². The maximum atomic E-state index is 12.5. The van der Waals surface area contributed by atoms with Gasteiger partial charge in [-0.2, -0.15) is 0 Å². The lowest BCUT2D eigenvalue weighted by atomic mass is 10.0. The van der Waals surface area contributed by atoms with Gasteiger partial charge >= 0.3 is 6.09 Å². The number of rotatable bonds is 4. The van der Waals surface area contributed by atoms with Crippen molar-refractivity contribution in [1.29, 1.82) is 0 Å². The molecule has 0 radical (unpaired) electrons. The zero-order chi connectivity index (χ0) is 22.0. The third-order valence-corrected chi connectivity index (χ3v) is 10.2. The van der Waals surface area contributed by atoms with Crippen molar-refractivity contribution in [2.75, 3.05) is 23.7 Å². The average Bonchev–Trinajstić information content (AvgIpc) is 2.54. The van der Waals surface area contributed by atoms with E-state index in [1.54, 1.807) is 12.4 Å². The van der Waals surface area contributed by atoms with Gasteiger partial charge in [-0.1, -0.05) is 20.8 Å². The second-order valence-corrected chi connectivity index (χ2v) is 15.1. The van der Waals surface area contributed by atoms with Crippen LogP contribution in [-0.2, 0) is 9.16 Å². The second-order valence-electron chi connectivity index (χ2n) is 10.3. The summed E-state index contributed by atoms with van der Waals surface area (Å²) in [6.07, 6.45) is 3.71. The Morgan fingerprint density at radius 2 is 1.93 bits per heavy atom. The lowest BCUT2D eigenvalue weighted by molar-refractivity contribution is 0.0414. The highest BCUT2D eigenvalue weighted by Crippen LogP contribution is 2.39. The lowest BCUT2D eigenvalue weighted by Gasteiger charge is -2.46. The van der Waals surface area contributed by atoms with E-state index in [2.05, 4.69) is 49.1 Å². The fourth-order valence-corrected chi connectivity index (χ4v) is 4.52. The molecular weight excluding hydrogens is 384 g/mol. The quantitative estimate of drug-likeness (QED) is 0.708. The van der Waals surface area contributed by atoms with Crippen LogP contribution in [0.15, 0.2) is 18.5 Å². The molecular formula is C21H38N4O3Si. The molecule has 0 saturated carbocycles. The van der Waals surface area contributed by atoms with E-state index in [-0.39, 0.29) is 17.2 Å². The Morgan fingerprint density at radius 3 is 2.48 bits per heavy atom. The number of anilines is 2. The van der Waals surface area contributed by atoms with Crippen LogP contribution in [0.3, 0.4) is 0 Å². The first-order valence-electron chi connectivity index (χ1n) is 10.3. The number of amides is 1. The molecule has 1 aromatic rings. The fraction of sp³-hybridized carbons (Fsp3) is 0.714. The Morgan fingerprint density at radius 1 is 1.28 bits per heavy atom. The van der Waals surface area contributed by atoms with Gasteiger partial charge in [-0.05, 0) is 51.4 Å². The molecule has 1 aromatic heterocycles. The molecule has 3 N–H and O–H groups in total. The SMILES string of the molecule is CC(C)(C)OC(=O)NC1CN(c2ccncc2N)CCC1O[Si](C)(C)C(C)(C)C. The summed E-state index contributed by atoms with van der Waals surface area (Å²) in [7, 11) is -1.99. The molecule has 2 unspecified atom stereocenters. The van der Waals surface area contributed by atoms with Gasteiger partial charge in [0.15, 0.2) is 8.32 Å². The zero-order valence-electron chi connectivity index (χ0n) is 19.2. The van der Waals surface area contributed by atoms with Gasteiger partial charge in [0.25, 0.3) is 0 Å². The van der Waals surface area contributed by atoms with E-state index in [0.29, 0.717) is 12.2 Å². The van der Waals surface area contributed by atoms with Crippen molar-refractivity contribution in [2.24, 2.45) is 0 Å². The van der Waals surface area contributed by atoms with E-state index in [4.69, 9.17) is 14.9 Å². The van der Waals surface area contributed by atoms with Gasteiger partial charge in [-0.25, -0.2) is 4.79 Å². The average molecular weight is 423 g/mol. The topological polar surface area (TPSA) is 89.7 Å². The molecule has 0 spiro atoms. The number of nitrogen functional groups attached to an aromatic ring is 1. The predicted molar refractivity (Wildman–Crippen MR) is 121 cm³/mol. The van der Waals surface area contributed by atoms with Crippen molar-refractivity contribution in [3.05, 3.63) is 18.5 Å². The Labute approximate surface area is 176 Å². The highest BCUT2D eigenvalue weighted by atomic mass is 28.4. The van der Waals surface area contributed by atoms with Gasteiger partial charge < -0.3 is 25.1 Å². The van der Waals surface area contributed by atoms with Crippen molar-refractivity contribution in [3.63, 3.8) is 0 Å². The highest BCUT2D eigenvalue weighted by molar-refractivity contribution is 6.74. The van der Waals surface area contributed by atoms with Gasteiger partial charge in [-0.3, -0.25) is 4.98 Å². The Bertz CT molecular complexity index is 713. The largest absolute Gasteiger partial charge is 0.444 e. The zero-order valence-corrected chi connectivity index (χ0v) is 20.2. The molecule has 8 heteroatoms. The number of nitrogens with two attached hydrogens (primary N) is 1. The third-order valence-electron chi connectivity index (χ3n) is 5.67. The van der Waals surface area contributed by atoms with E-state index in [1.807, 2.05) is 26.8 Å². The summed E-state index contributed by atoms with van der Waals surface area (Å²) in [5.74, 6) is 0. The maximum absolute atomic E-state index is 12.5. The molecule has 164 valence electrons. The minimum absolute atomic E-state index is 0.0669. The van der Waals surface area contributed by atoms with E-state index >= 15 is 0 Å². The van der Waals surface area contributed by atoms with Crippen LogP contribution in [0.2, 0.25) is 18.1 Å². The van der Waals surface area contributed by atoms with Crippen LogP contribution in [0.25, 0.3) is 0 Å². The van der Waals surface area contributed by atoms with Gasteiger partial charge in [0.2, 0.25) is 0 Å². The number of pyridine rings is 1. The summed E-state index contributed by atoms with van der Waals surface area (Å²) in [5, 5.41) is 3.15. The van der Waals surface area contributed by atoms with Crippen molar-refractivity contribution in [1.82, 2.24) is 10.3 Å². The summed E-state index contributed by atoms with van der Waals surface area (Å²) in [6, 6.07) is 1.72. The second kappa shape index (κ2) is 8.51. The van der Waals surface area contributed by atoms with Crippen LogP contribution in [0.5, 0.6) is 0 Å². The number of alkyl carbamates (subject to hydrolysis) is 1. The number of nitrogens with one attached hydrogen (secondary N) is 1. The maximum Gasteiger partial charge on any atom is 0.408 e. The number of aromatic nitrogens is 1. The Kier molecular flexibility index (Phi) is 6.89. The van der Waals surface area contributed by atoms with Gasteiger partial charge in [0, 0.05) is 19.3 Å². The molecule has 2 heterocycles. The Hall–Kier alpha value is -1.80. The summed E-state index contributed by atoms with van der Waals surface area (Å²) in [4.78, 5) is 18.8. The van der Waals surface area contributed by atoms with Crippen LogP contribution in [0.4, 0.5) is 16.2 Å². The van der Waals surface area contributed by atoms with Gasteiger partial charge in [0.1, 0.15) is 5.60 Å². The fourth-order valence-electron chi connectivity index (χ4n) is 3.13. The molecule has 0 bridgehead atoms. The first-order valence-corrected chi connectivity index (χ1v) is 13.2. The molecule has 0 aliphatic carbocycles. The molecule has 1 fully saturated rings. The number of hydrogen-bond acceptors (Lipinski definition) is 6. The van der Waals surface area contributed by atoms with E-state index in [9.17, 15) is 4.79 Å². The number of nitrogens with zero attached hydrogens (tertiary/aromatic N) is 2. The monoisotopic (exact) mass is 422 g/mol. The number of piperidine rings is 1. The van der Waals surface area contributed by atoms with Crippen LogP contribution in [-0.4, -0.2) is 50.2 Å². The molecule has 1 aliphatic rings. The smallest absolute Gasteiger partial charge is 0.408 e. The Balaban J connectivity index is 2.22. The van der Waals surface area contributed by atoms with Crippen molar-refractivity contribution in [3.8, 4) is 0 Å². The highest BCUT2D eigenvalue weighted by Gasteiger charge is 2.43. The normalized spacial score (nSPS) is 21.0. The molecule has 1 aliphatic heterocycles. The first-order chi connectivity index (χ1) is 13.2. The molecule has 1 saturated heterocycles. The van der Waals surface area contributed by atoms with Gasteiger partial charge in [-0.15, -0.1) is 0 Å². The molecule has 29 heavy (non-hydrogen) atoms. The molecule has 2 atom stereocenters.